The maximum atomic E-state index is 14.2. The van der Waals surface area contributed by atoms with Gasteiger partial charge in [-0.2, -0.15) is 0 Å². The summed E-state index contributed by atoms with van der Waals surface area (Å²) in [7, 11) is 0. The van der Waals surface area contributed by atoms with Crippen molar-refractivity contribution in [3.63, 3.8) is 0 Å². The molecule has 2 aliphatic rings. The second-order valence-corrected chi connectivity index (χ2v) is 14.7. The predicted molar refractivity (Wildman–Crippen MR) is 202 cm³/mol. The van der Waals surface area contributed by atoms with Crippen molar-refractivity contribution in [2.45, 2.75) is 122 Å². The first kappa shape index (κ1) is 43.2. The number of nitrogens with zero attached hydrogens (tertiary/aromatic N) is 2. The highest BCUT2D eigenvalue weighted by molar-refractivity contribution is 5.97. The van der Waals surface area contributed by atoms with Crippen LogP contribution in [0.3, 0.4) is 0 Å². The maximum absolute atomic E-state index is 14.2. The molecule has 1 aromatic carbocycles. The Hall–Kier alpha value is -5.22. The van der Waals surface area contributed by atoms with Crippen molar-refractivity contribution >= 4 is 47.3 Å². The van der Waals surface area contributed by atoms with Crippen LogP contribution in [0.5, 0.6) is 0 Å². The molecule has 54 heavy (non-hydrogen) atoms. The first-order chi connectivity index (χ1) is 25.6. The molecule has 1 aliphatic heterocycles. The van der Waals surface area contributed by atoms with Gasteiger partial charge in [0.15, 0.2) is 5.96 Å². The molecule has 2 fully saturated rings. The molecule has 0 aromatic heterocycles. The van der Waals surface area contributed by atoms with Crippen LogP contribution in [0.4, 0.5) is 0 Å². The first-order valence-electron chi connectivity index (χ1n) is 18.8. The lowest BCUT2D eigenvalue weighted by atomic mass is 9.83. The van der Waals surface area contributed by atoms with E-state index in [4.69, 9.17) is 22.9 Å². The van der Waals surface area contributed by atoms with E-state index in [1.165, 1.54) is 24.0 Å². The van der Waals surface area contributed by atoms with Crippen LogP contribution < -0.4 is 44.2 Å². The van der Waals surface area contributed by atoms with Crippen LogP contribution in [0.25, 0.3) is 0 Å². The SMILES string of the molecule is CC(=O)N[C@@H](Cc1ccc(C(N)=O)cc1)C(=O)N[C@H](C(=O)N[C@@H](CCCN=C(N)N)C(=O)N[C@@H](CC(C)C)C(=O)N1CCC[C@H]1C(N)=O)C1CCCCC1. The van der Waals surface area contributed by atoms with Crippen LogP contribution in [-0.4, -0.2) is 95.5 Å². The van der Waals surface area contributed by atoms with Crippen molar-refractivity contribution in [1.82, 2.24) is 26.2 Å². The van der Waals surface area contributed by atoms with Crippen molar-refractivity contribution in [3.05, 3.63) is 35.4 Å². The summed E-state index contributed by atoms with van der Waals surface area (Å²) in [5, 5.41) is 11.2. The lowest BCUT2D eigenvalue weighted by Crippen LogP contribution is -2.60. The Bertz CT molecular complexity index is 1520. The van der Waals surface area contributed by atoms with Gasteiger partial charge in [-0.15, -0.1) is 0 Å². The molecule has 12 N–H and O–H groups in total. The fraction of sp³-hybridized carbons (Fsp3) is 0.622. The molecule has 1 saturated carbocycles. The van der Waals surface area contributed by atoms with Crippen LogP contribution in [0.1, 0.15) is 101 Å². The number of primary amides is 2. The lowest BCUT2D eigenvalue weighted by Gasteiger charge is -2.33. The third kappa shape index (κ3) is 13.3. The molecule has 0 radical (unpaired) electrons. The zero-order chi connectivity index (χ0) is 39.9. The summed E-state index contributed by atoms with van der Waals surface area (Å²) in [6, 6.07) is 1.31. The summed E-state index contributed by atoms with van der Waals surface area (Å²) in [5.41, 5.74) is 22.9. The van der Waals surface area contributed by atoms with Gasteiger partial charge in [-0.1, -0.05) is 45.2 Å². The fourth-order valence-electron chi connectivity index (χ4n) is 7.14. The number of benzene rings is 1. The highest BCUT2D eigenvalue weighted by Crippen LogP contribution is 2.27. The smallest absolute Gasteiger partial charge is 0.248 e. The molecule has 1 heterocycles. The van der Waals surface area contributed by atoms with E-state index in [2.05, 4.69) is 26.3 Å². The molecule has 0 bridgehead atoms. The molecule has 1 aromatic rings. The number of hydrogen-bond acceptors (Lipinski definition) is 8. The van der Waals surface area contributed by atoms with Gasteiger partial charge >= 0.3 is 0 Å². The van der Waals surface area contributed by atoms with Crippen molar-refractivity contribution < 1.29 is 33.6 Å². The van der Waals surface area contributed by atoms with Crippen molar-refractivity contribution in [2.75, 3.05) is 13.1 Å². The van der Waals surface area contributed by atoms with E-state index in [9.17, 15) is 33.6 Å². The molecule has 1 saturated heterocycles. The fourth-order valence-corrected chi connectivity index (χ4v) is 7.14. The molecule has 17 heteroatoms. The number of carbonyl (C=O) groups is 7. The van der Waals surface area contributed by atoms with Gasteiger partial charge in [0.05, 0.1) is 0 Å². The number of likely N-dealkylation sites (tertiary alicyclic amines) is 1. The zero-order valence-corrected chi connectivity index (χ0v) is 31.6. The van der Waals surface area contributed by atoms with Gasteiger partial charge in [0.2, 0.25) is 41.4 Å². The maximum Gasteiger partial charge on any atom is 0.248 e. The molecule has 5 atom stereocenters. The van der Waals surface area contributed by atoms with Crippen LogP contribution in [0.2, 0.25) is 0 Å². The van der Waals surface area contributed by atoms with Gasteiger partial charge in [-0.05, 0) is 74.5 Å². The van der Waals surface area contributed by atoms with Crippen molar-refractivity contribution in [1.29, 1.82) is 0 Å². The largest absolute Gasteiger partial charge is 0.370 e. The number of hydrogen-bond donors (Lipinski definition) is 8. The first-order valence-corrected chi connectivity index (χ1v) is 18.8. The Morgan fingerprint density at radius 2 is 1.41 bits per heavy atom. The van der Waals surface area contributed by atoms with E-state index in [1.807, 2.05) is 13.8 Å². The summed E-state index contributed by atoms with van der Waals surface area (Å²) in [6.45, 7) is 5.58. The molecule has 7 amide bonds. The average molecular weight is 755 g/mol. The van der Waals surface area contributed by atoms with E-state index < -0.39 is 71.6 Å². The molecular formula is C37H58N10O7. The lowest BCUT2D eigenvalue weighted by molar-refractivity contribution is -0.141. The monoisotopic (exact) mass is 754 g/mol. The van der Waals surface area contributed by atoms with E-state index in [1.54, 1.807) is 12.1 Å². The van der Waals surface area contributed by atoms with Crippen LogP contribution >= 0.6 is 0 Å². The Morgan fingerprint density at radius 1 is 0.778 bits per heavy atom. The highest BCUT2D eigenvalue weighted by Gasteiger charge is 2.39. The summed E-state index contributed by atoms with van der Waals surface area (Å²) in [6.07, 6.45) is 5.75. The van der Waals surface area contributed by atoms with Crippen LogP contribution in [0.15, 0.2) is 29.3 Å². The molecule has 3 rings (SSSR count). The summed E-state index contributed by atoms with van der Waals surface area (Å²) in [4.78, 5) is 97.1. The molecule has 17 nitrogen and oxygen atoms in total. The number of carbonyl (C=O) groups excluding carboxylic acids is 7. The topological polar surface area (TPSA) is 287 Å². The summed E-state index contributed by atoms with van der Waals surface area (Å²) >= 11 is 0. The number of amides is 7. The molecule has 0 spiro atoms. The van der Waals surface area contributed by atoms with E-state index >= 15 is 0 Å². The van der Waals surface area contributed by atoms with E-state index in [-0.39, 0.29) is 49.2 Å². The van der Waals surface area contributed by atoms with Gasteiger partial charge in [-0.3, -0.25) is 38.6 Å². The minimum absolute atomic E-state index is 0.00710. The third-order valence-electron chi connectivity index (χ3n) is 9.84. The van der Waals surface area contributed by atoms with Crippen LogP contribution in [0, 0.1) is 11.8 Å². The Labute approximate surface area is 316 Å². The minimum atomic E-state index is -1.14. The van der Waals surface area contributed by atoms with E-state index in [0.717, 1.165) is 19.3 Å². The molecular weight excluding hydrogens is 696 g/mol. The number of rotatable bonds is 19. The standard InChI is InChI=1S/C37H58N10O7/c1-21(2)19-28(36(54)47-18-8-12-29(47)32(39)50)45-33(51)26(11-7-17-42-37(40)41)44-35(53)30(24-9-5-4-6-10-24)46-34(52)27(43-22(3)48)20-23-13-15-25(16-14-23)31(38)49/h13-16,21,24,26-30H,4-12,17-20H2,1-3H3,(H2,38,49)(H2,39,50)(H,43,48)(H,44,53)(H,45,51)(H,46,52)(H4,40,41,42)/t26-,27-,28-,29-,30-/m0/s1. The third-order valence-corrected chi connectivity index (χ3v) is 9.84. The van der Waals surface area contributed by atoms with Gasteiger partial charge < -0.3 is 49.1 Å². The van der Waals surface area contributed by atoms with Gasteiger partial charge in [0.1, 0.15) is 30.2 Å². The second kappa shape index (κ2) is 20.9. The predicted octanol–water partition coefficient (Wildman–Crippen LogP) is -0.557. The number of guanidine groups is 1. The minimum Gasteiger partial charge on any atom is -0.370 e. The summed E-state index contributed by atoms with van der Waals surface area (Å²) in [5.74, 6) is -4.30. The zero-order valence-electron chi connectivity index (χ0n) is 31.6. The van der Waals surface area contributed by atoms with Crippen molar-refractivity contribution in [2.24, 2.45) is 39.8 Å². The summed E-state index contributed by atoms with van der Waals surface area (Å²) < 4.78 is 0. The van der Waals surface area contributed by atoms with Gasteiger partial charge in [-0.25, -0.2) is 0 Å². The Balaban J connectivity index is 1.87. The quantitative estimate of drug-likeness (QED) is 0.0510. The number of nitrogens with one attached hydrogen (secondary N) is 4. The Morgan fingerprint density at radius 3 is 1.98 bits per heavy atom. The number of aliphatic imine (C=N–C) groups is 1. The second-order valence-electron chi connectivity index (χ2n) is 14.7. The normalized spacial score (nSPS) is 18.1. The van der Waals surface area contributed by atoms with Gasteiger partial charge in [0, 0.05) is 32.0 Å². The van der Waals surface area contributed by atoms with E-state index in [0.29, 0.717) is 44.2 Å². The highest BCUT2D eigenvalue weighted by atomic mass is 16.2. The van der Waals surface area contributed by atoms with Crippen LogP contribution in [-0.2, 0) is 35.2 Å². The van der Waals surface area contributed by atoms with Gasteiger partial charge in [0.25, 0.3) is 0 Å². The molecule has 298 valence electrons. The molecule has 1 aliphatic carbocycles. The number of nitrogens with two attached hydrogens (primary N) is 4. The average Bonchev–Trinajstić information content (AvgIpc) is 3.61. The van der Waals surface area contributed by atoms with Crippen molar-refractivity contribution in [3.8, 4) is 0 Å². The molecule has 0 unspecified atom stereocenters. The Kier molecular flexibility index (Phi) is 16.7.